The number of likely N-dealkylation sites (N-methyl/N-ethyl adjacent to an activating group) is 1. The first-order valence-electron chi connectivity index (χ1n) is 19.8. The molecule has 2 aromatic rings. The first-order valence-corrected chi connectivity index (χ1v) is 20.7. The SMILES string of the molecule is CCCC(=O)OCN(C(=O)[C@@H](NC(=O)[C@H]1[C@@H](C)CCCN1C)C(C)CC)[C@H](CCc1nc(C(=O)N[C@@H](Cc2ccc(O)cc2)C[C@H](C)C(N)=O)cs1)C(C)C. The summed E-state index contributed by atoms with van der Waals surface area (Å²) in [5, 5.41) is 18.2. The number of hydrogen-bond acceptors (Lipinski definition) is 10. The quantitative estimate of drug-likeness (QED) is 0.0994. The zero-order valence-corrected chi connectivity index (χ0v) is 34.8. The Morgan fingerprint density at radius 1 is 1.09 bits per heavy atom. The van der Waals surface area contributed by atoms with E-state index in [1.54, 1.807) is 41.5 Å². The largest absolute Gasteiger partial charge is 0.508 e. The van der Waals surface area contributed by atoms with Crippen LogP contribution in [-0.4, -0.2) is 94.0 Å². The van der Waals surface area contributed by atoms with E-state index in [1.807, 2.05) is 41.7 Å². The van der Waals surface area contributed by atoms with Gasteiger partial charge < -0.3 is 31.1 Å². The molecule has 13 nitrogen and oxygen atoms in total. The Bertz CT molecular complexity index is 1560. The molecule has 1 aromatic heterocycles. The molecule has 3 rings (SSSR count). The van der Waals surface area contributed by atoms with Gasteiger partial charge in [-0.05, 0) is 87.6 Å². The van der Waals surface area contributed by atoms with Crippen molar-refractivity contribution < 1.29 is 33.8 Å². The van der Waals surface area contributed by atoms with Gasteiger partial charge in [0.15, 0.2) is 6.73 Å². The van der Waals surface area contributed by atoms with Gasteiger partial charge in [-0.3, -0.25) is 28.9 Å². The van der Waals surface area contributed by atoms with Gasteiger partial charge in [0.25, 0.3) is 5.91 Å². The van der Waals surface area contributed by atoms with Gasteiger partial charge in [0.05, 0.1) is 11.0 Å². The van der Waals surface area contributed by atoms with Crippen molar-refractivity contribution in [1.82, 2.24) is 25.4 Å². The molecule has 306 valence electrons. The molecule has 14 heteroatoms. The molecule has 0 spiro atoms. The normalized spacial score (nSPS) is 18.8. The fourth-order valence-electron chi connectivity index (χ4n) is 7.26. The number of aromatic nitrogens is 1. The van der Waals surface area contributed by atoms with E-state index in [0.717, 1.165) is 24.9 Å². The van der Waals surface area contributed by atoms with Crippen LogP contribution in [0.4, 0.5) is 0 Å². The summed E-state index contributed by atoms with van der Waals surface area (Å²) in [6, 6.07) is 4.75. The number of aromatic hydroxyl groups is 1. The average molecular weight is 785 g/mol. The molecule has 2 heterocycles. The number of benzene rings is 1. The Morgan fingerprint density at radius 2 is 1.78 bits per heavy atom. The van der Waals surface area contributed by atoms with E-state index in [1.165, 1.54) is 11.3 Å². The summed E-state index contributed by atoms with van der Waals surface area (Å²) in [6.45, 7) is 14.2. The zero-order valence-electron chi connectivity index (χ0n) is 34.0. The van der Waals surface area contributed by atoms with Gasteiger partial charge in [-0.1, -0.05) is 67.0 Å². The van der Waals surface area contributed by atoms with Crippen LogP contribution in [-0.2, 0) is 36.8 Å². The van der Waals surface area contributed by atoms with Crippen LogP contribution >= 0.6 is 11.3 Å². The third-order valence-electron chi connectivity index (χ3n) is 10.8. The smallest absolute Gasteiger partial charge is 0.307 e. The number of carbonyl (C=O) groups is 5. The fourth-order valence-corrected chi connectivity index (χ4v) is 8.05. The maximum Gasteiger partial charge on any atom is 0.307 e. The van der Waals surface area contributed by atoms with Crippen molar-refractivity contribution in [2.75, 3.05) is 20.3 Å². The van der Waals surface area contributed by atoms with Crippen LogP contribution in [0.15, 0.2) is 29.6 Å². The average Bonchev–Trinajstić information content (AvgIpc) is 3.61. The number of nitrogens with two attached hydrogens (primary N) is 1. The number of thiazole rings is 1. The van der Waals surface area contributed by atoms with E-state index in [2.05, 4.69) is 27.4 Å². The number of rotatable bonds is 21. The van der Waals surface area contributed by atoms with Crippen LogP contribution in [0.5, 0.6) is 5.75 Å². The molecule has 4 amide bonds. The van der Waals surface area contributed by atoms with Crippen molar-refractivity contribution in [3.63, 3.8) is 0 Å². The third kappa shape index (κ3) is 13.6. The highest BCUT2D eigenvalue weighted by Gasteiger charge is 2.39. The molecule has 1 aliphatic heterocycles. The van der Waals surface area contributed by atoms with Gasteiger partial charge in [0.1, 0.15) is 17.5 Å². The molecule has 55 heavy (non-hydrogen) atoms. The standard InChI is InChI=1S/C41H64N6O7S/c1-9-12-35(49)54-24-47(41(53)36(26(5)10-2)45-40(52)37-27(6)13-11-20-46(37)8)33(25(3)4)18-19-34-44-32(23-55-34)39(51)43-30(21-28(7)38(42)50)22-29-14-16-31(48)17-15-29/h14-17,23,25-28,30,33,36-37,48H,9-13,18-22,24H2,1-8H3,(H2,42,50)(H,43,51)(H,45,52)/t26?,27-,28-,30+,33+,36-,37+/m0/s1. The summed E-state index contributed by atoms with van der Waals surface area (Å²) >= 11 is 1.34. The molecule has 0 saturated carbocycles. The minimum Gasteiger partial charge on any atom is -0.508 e. The molecule has 5 N–H and O–H groups in total. The topological polar surface area (TPSA) is 184 Å². The number of nitrogens with one attached hydrogen (secondary N) is 2. The van der Waals surface area contributed by atoms with Crippen LogP contribution in [0.25, 0.3) is 0 Å². The predicted octanol–water partition coefficient (Wildman–Crippen LogP) is 5.05. The minimum atomic E-state index is -0.812. The van der Waals surface area contributed by atoms with Crippen molar-refractivity contribution >= 4 is 40.9 Å². The number of phenols is 1. The Kier molecular flexibility index (Phi) is 18.1. The van der Waals surface area contributed by atoms with E-state index in [9.17, 15) is 29.1 Å². The monoisotopic (exact) mass is 784 g/mol. The Hall–Kier alpha value is -4.04. The summed E-state index contributed by atoms with van der Waals surface area (Å²) in [7, 11) is 1.95. The van der Waals surface area contributed by atoms with E-state index in [-0.39, 0.29) is 72.2 Å². The first kappa shape index (κ1) is 45.4. The molecule has 1 saturated heterocycles. The van der Waals surface area contributed by atoms with Gasteiger partial charge in [-0.25, -0.2) is 4.98 Å². The Balaban J connectivity index is 1.81. The van der Waals surface area contributed by atoms with Crippen LogP contribution in [0.2, 0.25) is 0 Å². The molecule has 1 aliphatic rings. The number of nitrogens with zero attached hydrogens (tertiary/aromatic N) is 3. The molecule has 0 aliphatic carbocycles. The van der Waals surface area contributed by atoms with Gasteiger partial charge in [-0.2, -0.15) is 0 Å². The summed E-state index contributed by atoms with van der Waals surface area (Å²) < 4.78 is 5.67. The minimum absolute atomic E-state index is 0.0396. The van der Waals surface area contributed by atoms with Crippen molar-refractivity contribution in [2.45, 2.75) is 130 Å². The number of hydrogen-bond donors (Lipinski definition) is 4. The number of likely N-dealkylation sites (tertiary alicyclic amines) is 1. The van der Waals surface area contributed by atoms with E-state index >= 15 is 0 Å². The van der Waals surface area contributed by atoms with E-state index < -0.39 is 29.9 Å². The number of ether oxygens (including phenoxy) is 1. The molecule has 1 aromatic carbocycles. The predicted molar refractivity (Wildman–Crippen MR) is 214 cm³/mol. The van der Waals surface area contributed by atoms with Crippen molar-refractivity contribution in [3.8, 4) is 5.75 Å². The van der Waals surface area contributed by atoms with Crippen molar-refractivity contribution in [1.29, 1.82) is 0 Å². The summed E-state index contributed by atoms with van der Waals surface area (Å²) in [5.41, 5.74) is 6.66. The van der Waals surface area contributed by atoms with E-state index in [4.69, 9.17) is 10.5 Å². The number of piperidine rings is 1. The van der Waals surface area contributed by atoms with Crippen LogP contribution < -0.4 is 16.4 Å². The third-order valence-corrected chi connectivity index (χ3v) is 11.7. The second kappa shape index (κ2) is 21.9. The number of esters is 1. The number of aryl methyl sites for hydroxylation is 1. The molecule has 1 fully saturated rings. The van der Waals surface area contributed by atoms with Crippen LogP contribution in [0.3, 0.4) is 0 Å². The fraction of sp³-hybridized carbons (Fsp3) is 0.659. The molecular weight excluding hydrogens is 721 g/mol. The molecule has 0 bridgehead atoms. The highest BCUT2D eigenvalue weighted by atomic mass is 32.1. The summed E-state index contributed by atoms with van der Waals surface area (Å²) in [5.74, 6) is -2.10. The van der Waals surface area contributed by atoms with Crippen LogP contribution in [0, 0.1) is 23.7 Å². The second-order valence-electron chi connectivity index (χ2n) is 15.7. The van der Waals surface area contributed by atoms with Gasteiger partial charge in [0.2, 0.25) is 17.7 Å². The lowest BCUT2D eigenvalue weighted by Crippen LogP contribution is -2.60. The highest BCUT2D eigenvalue weighted by Crippen LogP contribution is 2.26. The van der Waals surface area contributed by atoms with Gasteiger partial charge in [-0.15, -0.1) is 11.3 Å². The highest BCUT2D eigenvalue weighted by molar-refractivity contribution is 7.09. The lowest BCUT2D eigenvalue weighted by Gasteiger charge is -2.40. The number of carbonyl (C=O) groups excluding carboxylic acids is 5. The number of amides is 4. The lowest BCUT2D eigenvalue weighted by molar-refractivity contribution is -0.159. The summed E-state index contributed by atoms with van der Waals surface area (Å²) in [6.07, 6.45) is 5.14. The lowest BCUT2D eigenvalue weighted by atomic mass is 9.89. The zero-order chi connectivity index (χ0) is 40.8. The maximum absolute atomic E-state index is 14.6. The number of primary amides is 1. The molecular formula is C41H64N6O7S. The Labute approximate surface area is 331 Å². The Morgan fingerprint density at radius 3 is 2.38 bits per heavy atom. The maximum atomic E-state index is 14.6. The molecule has 0 radical (unpaired) electrons. The van der Waals surface area contributed by atoms with Crippen molar-refractivity contribution in [2.24, 2.45) is 29.4 Å². The summed E-state index contributed by atoms with van der Waals surface area (Å²) in [4.78, 5) is 74.6. The van der Waals surface area contributed by atoms with Gasteiger partial charge in [0, 0.05) is 36.2 Å². The van der Waals surface area contributed by atoms with E-state index in [0.29, 0.717) is 43.5 Å². The second-order valence-corrected chi connectivity index (χ2v) is 16.6. The van der Waals surface area contributed by atoms with Gasteiger partial charge >= 0.3 is 5.97 Å². The van der Waals surface area contributed by atoms with Crippen molar-refractivity contribution in [3.05, 3.63) is 45.9 Å². The molecule has 1 unspecified atom stereocenters. The van der Waals surface area contributed by atoms with Crippen LogP contribution in [0.1, 0.15) is 114 Å². The number of phenolic OH excluding ortho intramolecular Hbond substituents is 1. The molecule has 7 atom stereocenters. The first-order chi connectivity index (χ1) is 26.1.